The van der Waals surface area contributed by atoms with Crippen LogP contribution in [0.4, 0.5) is 26.5 Å². The Morgan fingerprint density at radius 3 is 2.36 bits per heavy atom. The summed E-state index contributed by atoms with van der Waals surface area (Å²) in [5.74, 6) is -1.11. The maximum Gasteiger partial charge on any atom is 0.340 e. The standard InChI is InChI=1S/C64H77FN18O8/c1-76-28-29-80(64(76)90)47-10-9-25-78(38-47)53-36-69-61(62(66)89)63(72-53)71-45-16-14-41(15-17-45)42-20-26-77(27-21-42)56(86)13-6-4-3-5-7-24-67-54(84)18-19-57(87)83-30-22-43(23-31-83)60-59-48(49-33-52-44(32-50(49)65)34-70-82(52)83)11-8-12-51(59)81(74-60)39-55(85)68-35-46-37-79(75-73-46)40-58(88)91-2/h8,11-12,14-17,32-34,36-37,42-43,47H,3-7,9-10,13,18-31,35,38-40H2,1-2H3,(H4-,66,67,68,71,72,84,85,89)/p+1/t43?,47-,83?/m1/s1. The van der Waals surface area contributed by atoms with Crippen molar-refractivity contribution in [1.29, 1.82) is 0 Å². The van der Waals surface area contributed by atoms with Gasteiger partial charge in [0, 0.05) is 106 Å². The zero-order valence-electron chi connectivity index (χ0n) is 51.5. The van der Waals surface area contributed by atoms with Crippen molar-refractivity contribution in [1.82, 2.24) is 74.6 Å². The van der Waals surface area contributed by atoms with Crippen LogP contribution in [0.25, 0.3) is 32.9 Å². The summed E-state index contributed by atoms with van der Waals surface area (Å²) < 4.78 is 23.8. The SMILES string of the molecule is COC(=O)Cn1cc(CNC(=O)Cn2nc3c4c(cccc42)-c2cc4c(cnn4[N+]4(C(=O)CCC(=O)NCCCCCCCC(=O)N5CCC(c6ccc(Nc7nc(N8CCC[C@@H](N9CCN(C)C9=O)C8)cnc7C(N)=O)cc6)CC5)CCC3CC4)cc2F)nn1. The number of benzene rings is 3. The molecule has 478 valence electrons. The minimum atomic E-state index is -0.685. The molecule has 10 heterocycles. The summed E-state index contributed by atoms with van der Waals surface area (Å²) in [7, 11) is 3.11. The fraction of sp³-hybridized carbons (Fsp3) is 0.484. The number of likely N-dealkylation sites (tertiary alicyclic amines) is 1. The lowest BCUT2D eigenvalue weighted by Gasteiger charge is -2.39. The molecule has 6 aliphatic heterocycles. The largest absolute Gasteiger partial charge is 0.468 e. The van der Waals surface area contributed by atoms with Crippen molar-refractivity contribution >= 4 is 80.7 Å². The molecule has 1 atom stereocenters. The second-order valence-corrected chi connectivity index (χ2v) is 24.7. The van der Waals surface area contributed by atoms with Crippen LogP contribution >= 0.6 is 0 Å². The Hall–Kier alpha value is -9.40. The summed E-state index contributed by atoms with van der Waals surface area (Å²) in [6, 6.07) is 16.9. The van der Waals surface area contributed by atoms with E-state index in [4.69, 9.17) is 25.7 Å². The number of fused-ring (bicyclic) bond motifs is 2. The molecule has 4 fully saturated rings. The third kappa shape index (κ3) is 13.3. The van der Waals surface area contributed by atoms with Crippen LogP contribution in [-0.2, 0) is 48.3 Å². The Morgan fingerprint density at radius 2 is 1.59 bits per heavy atom. The van der Waals surface area contributed by atoms with E-state index in [1.807, 2.05) is 47.2 Å². The maximum atomic E-state index is 16.3. The lowest BCUT2D eigenvalue weighted by molar-refractivity contribution is -0.142. The van der Waals surface area contributed by atoms with Crippen molar-refractivity contribution in [2.45, 2.75) is 127 Å². The van der Waals surface area contributed by atoms with E-state index in [0.29, 0.717) is 117 Å². The van der Waals surface area contributed by atoms with Gasteiger partial charge in [-0.15, -0.1) is 14.8 Å². The molecular weight excluding hydrogens is 1170 g/mol. The molecule has 4 bridgehead atoms. The van der Waals surface area contributed by atoms with Crippen LogP contribution in [0, 0.1) is 5.82 Å². The number of quaternary nitrogens is 1. The number of piperidine rings is 3. The van der Waals surface area contributed by atoms with Crippen LogP contribution in [0.2, 0.25) is 0 Å². The van der Waals surface area contributed by atoms with Crippen molar-refractivity contribution in [3.05, 3.63) is 102 Å². The quantitative estimate of drug-likeness (QED) is 0.0337. The number of esters is 1. The first-order valence-corrected chi connectivity index (χ1v) is 31.8. The Labute approximate surface area is 525 Å². The number of carbonyl (C=O) groups excluding carboxylic acids is 7. The summed E-state index contributed by atoms with van der Waals surface area (Å²) in [6.07, 6.45) is 14.1. The van der Waals surface area contributed by atoms with E-state index in [2.05, 4.69) is 48.3 Å². The van der Waals surface area contributed by atoms with Crippen molar-refractivity contribution in [3.8, 4) is 11.1 Å². The number of rotatable bonds is 23. The second-order valence-electron chi connectivity index (χ2n) is 24.7. The number of unbranched alkanes of at least 4 members (excludes halogenated alkanes) is 4. The number of carbonyl (C=O) groups is 7. The molecule has 4 aromatic heterocycles. The van der Waals surface area contributed by atoms with Crippen LogP contribution in [0.15, 0.2) is 73.2 Å². The third-order valence-corrected chi connectivity index (χ3v) is 18.9. The summed E-state index contributed by atoms with van der Waals surface area (Å²) in [5.41, 5.74) is 11.1. The number of methoxy groups -OCH3 is 1. The van der Waals surface area contributed by atoms with Gasteiger partial charge in [0.15, 0.2) is 11.5 Å². The van der Waals surface area contributed by atoms with E-state index in [9.17, 15) is 33.6 Å². The molecule has 7 aromatic rings. The van der Waals surface area contributed by atoms with Crippen molar-refractivity contribution < 1.29 is 42.7 Å². The normalized spacial score (nSPS) is 19.1. The number of halogens is 1. The average Bonchev–Trinajstić information content (AvgIpc) is 1.59. The number of urea groups is 1. The minimum absolute atomic E-state index is 0.00534. The average molecular weight is 1250 g/mol. The van der Waals surface area contributed by atoms with Gasteiger partial charge in [0.1, 0.15) is 49.0 Å². The van der Waals surface area contributed by atoms with E-state index in [-0.39, 0.29) is 90.2 Å². The van der Waals surface area contributed by atoms with Gasteiger partial charge in [0.2, 0.25) is 17.7 Å². The lowest BCUT2D eigenvalue weighted by Crippen LogP contribution is -2.65. The zero-order chi connectivity index (χ0) is 63.3. The van der Waals surface area contributed by atoms with Crippen LogP contribution in [0.3, 0.4) is 0 Å². The summed E-state index contributed by atoms with van der Waals surface area (Å²) in [4.78, 5) is 110. The molecule has 0 radical (unpaired) electrons. The fourth-order valence-corrected chi connectivity index (χ4v) is 13.8. The van der Waals surface area contributed by atoms with Crippen LogP contribution < -0.4 is 31.2 Å². The maximum absolute atomic E-state index is 16.3. The predicted octanol–water partition coefficient (Wildman–Crippen LogP) is 5.74. The molecule has 0 aliphatic carbocycles. The topological polar surface area (TPSA) is 296 Å². The highest BCUT2D eigenvalue weighted by atomic mass is 19.1. The van der Waals surface area contributed by atoms with Gasteiger partial charge in [0.25, 0.3) is 5.91 Å². The Balaban J connectivity index is 0.571. The first-order chi connectivity index (χ1) is 44.1. The number of hydrogen-bond acceptors (Lipinski definition) is 16. The van der Waals surface area contributed by atoms with Crippen molar-refractivity contribution in [3.63, 3.8) is 0 Å². The van der Waals surface area contributed by atoms with E-state index in [0.717, 1.165) is 81.1 Å². The molecule has 0 saturated carbocycles. The number of primary amides is 1. The Bertz CT molecular complexity index is 3890. The molecule has 6 aliphatic rings. The molecular formula is C64H78FN18O8+. The molecule has 5 N–H and O–H groups in total. The van der Waals surface area contributed by atoms with E-state index in [1.54, 1.807) is 39.0 Å². The van der Waals surface area contributed by atoms with Gasteiger partial charge < -0.3 is 46.0 Å². The molecule has 0 unspecified atom stereocenters. The predicted molar refractivity (Wildman–Crippen MR) is 335 cm³/mol. The number of aromatic nitrogens is 9. The number of hydrogen-bond donors (Lipinski definition) is 4. The van der Waals surface area contributed by atoms with E-state index >= 15 is 4.39 Å². The smallest absolute Gasteiger partial charge is 0.340 e. The van der Waals surface area contributed by atoms with Crippen LogP contribution in [0.5, 0.6) is 0 Å². The van der Waals surface area contributed by atoms with Gasteiger partial charge in [-0.1, -0.05) is 53.5 Å². The number of ether oxygens (including phenoxy) is 1. The van der Waals surface area contributed by atoms with Gasteiger partial charge in [-0.05, 0) is 85.9 Å². The molecule has 27 heteroatoms. The van der Waals surface area contributed by atoms with Crippen molar-refractivity contribution in [2.24, 2.45) is 5.73 Å². The third-order valence-electron chi connectivity index (χ3n) is 18.9. The first kappa shape index (κ1) is 61.8. The number of amides is 7. The highest BCUT2D eigenvalue weighted by Crippen LogP contribution is 2.43. The fourth-order valence-electron chi connectivity index (χ4n) is 13.8. The molecule has 4 saturated heterocycles. The van der Waals surface area contributed by atoms with Gasteiger partial charge >= 0.3 is 17.9 Å². The number of nitrogens with zero attached hydrogens (tertiary/aromatic N) is 14. The van der Waals surface area contributed by atoms with Crippen LogP contribution in [-0.4, -0.2) is 180 Å². The summed E-state index contributed by atoms with van der Waals surface area (Å²) in [5, 5.41) is 28.2. The highest BCUT2D eigenvalue weighted by Gasteiger charge is 2.47. The monoisotopic (exact) mass is 1250 g/mol. The summed E-state index contributed by atoms with van der Waals surface area (Å²) >= 11 is 0. The number of likely N-dealkylation sites (N-methyl/N-ethyl adjacent to an activating group) is 1. The number of anilines is 3. The Kier molecular flexibility index (Phi) is 18.3. The molecule has 3 aromatic carbocycles. The first-order valence-electron chi connectivity index (χ1n) is 31.8. The second kappa shape index (κ2) is 27.0. The van der Waals surface area contributed by atoms with Gasteiger partial charge in [-0.3, -0.25) is 28.7 Å². The van der Waals surface area contributed by atoms with E-state index < -0.39 is 17.7 Å². The van der Waals surface area contributed by atoms with Crippen LogP contribution in [0.1, 0.15) is 129 Å². The van der Waals surface area contributed by atoms with Gasteiger partial charge in [-0.2, -0.15) is 5.10 Å². The molecule has 91 heavy (non-hydrogen) atoms. The number of nitrogens with one attached hydrogen (secondary N) is 3. The zero-order valence-corrected chi connectivity index (χ0v) is 51.5. The highest BCUT2D eigenvalue weighted by molar-refractivity contribution is 6.01. The van der Waals surface area contributed by atoms with Crippen molar-refractivity contribution in [2.75, 3.05) is 83.3 Å². The molecule has 7 amide bonds. The van der Waals surface area contributed by atoms with Gasteiger partial charge in [0.05, 0.1) is 55.9 Å². The van der Waals surface area contributed by atoms with Gasteiger partial charge in [-0.25, -0.2) is 28.6 Å². The summed E-state index contributed by atoms with van der Waals surface area (Å²) in [6.45, 7) is 5.21. The minimum Gasteiger partial charge on any atom is -0.468 e. The van der Waals surface area contributed by atoms with E-state index in [1.165, 1.54) is 23.4 Å². The number of nitrogens with two attached hydrogens (primary N) is 1. The Morgan fingerprint density at radius 1 is 0.802 bits per heavy atom. The molecule has 26 nitrogen and oxygen atoms in total. The lowest BCUT2D eigenvalue weighted by atomic mass is 9.88. The molecule has 13 rings (SSSR count). The molecule has 0 spiro atoms.